The van der Waals surface area contributed by atoms with E-state index in [1.54, 1.807) is 0 Å². The summed E-state index contributed by atoms with van der Waals surface area (Å²) in [6.45, 7) is 3.57. The lowest BCUT2D eigenvalue weighted by atomic mass is 9.98. The molecule has 0 bridgehead atoms. The van der Waals surface area contributed by atoms with Crippen molar-refractivity contribution in [1.82, 2.24) is 14.2 Å². The second kappa shape index (κ2) is 9.63. The van der Waals surface area contributed by atoms with E-state index in [4.69, 9.17) is 22.1 Å². The summed E-state index contributed by atoms with van der Waals surface area (Å²) in [5, 5.41) is 8.65. The molecule has 1 N–H and O–H groups in total. The molecule has 0 atom stereocenters. The summed E-state index contributed by atoms with van der Waals surface area (Å²) in [4.78, 5) is 0.657. The second-order valence-corrected chi connectivity index (χ2v) is 9.42. The van der Waals surface area contributed by atoms with Gasteiger partial charge in [0.2, 0.25) is 0 Å². The number of hydrogen-bond donors (Lipinski definition) is 1. The molecule has 1 aliphatic heterocycles. The van der Waals surface area contributed by atoms with Crippen molar-refractivity contribution in [2.24, 2.45) is 0 Å². The van der Waals surface area contributed by atoms with E-state index in [0.29, 0.717) is 11.6 Å². The van der Waals surface area contributed by atoms with Gasteiger partial charge < -0.3 is 14.6 Å². The molecule has 0 fully saturated rings. The summed E-state index contributed by atoms with van der Waals surface area (Å²) >= 11 is 6.07. The van der Waals surface area contributed by atoms with Gasteiger partial charge >= 0.3 is 0 Å². The molecule has 0 unspecified atom stereocenters. The van der Waals surface area contributed by atoms with Crippen LogP contribution < -0.4 is 10.1 Å². The maximum Gasteiger partial charge on any atom is 0.162 e. The molecule has 0 amide bonds. The number of anilines is 1. The Balaban J connectivity index is 1.54. The quantitative estimate of drug-likeness (QED) is 0.259. The molecule has 0 aliphatic carbocycles. The number of thiocarbonyl (C=S) groups is 1. The van der Waals surface area contributed by atoms with Gasteiger partial charge in [0.05, 0.1) is 6.61 Å². The van der Waals surface area contributed by atoms with Gasteiger partial charge in [0, 0.05) is 28.9 Å². The van der Waals surface area contributed by atoms with Gasteiger partial charge in [0.25, 0.3) is 0 Å². The Morgan fingerprint density at radius 2 is 1.61 bits per heavy atom. The fourth-order valence-electron chi connectivity index (χ4n) is 5.16. The predicted molar refractivity (Wildman–Crippen MR) is 150 cm³/mol. The van der Waals surface area contributed by atoms with E-state index in [2.05, 4.69) is 69.0 Å². The van der Waals surface area contributed by atoms with Crippen LogP contribution in [0.3, 0.4) is 0 Å². The molecule has 180 valence electrons. The largest absolute Gasteiger partial charge is 0.494 e. The lowest BCUT2D eigenvalue weighted by Crippen LogP contribution is -2.15. The van der Waals surface area contributed by atoms with Crippen LogP contribution in [0.5, 0.6) is 5.75 Å². The fourth-order valence-corrected chi connectivity index (χ4v) is 5.46. The van der Waals surface area contributed by atoms with Gasteiger partial charge in [0.15, 0.2) is 5.82 Å². The van der Waals surface area contributed by atoms with E-state index in [9.17, 15) is 0 Å². The van der Waals surface area contributed by atoms with Gasteiger partial charge in [-0.1, -0.05) is 72.9 Å². The number of aryl methyl sites for hydroxylation is 2. The minimum atomic E-state index is 0.642. The van der Waals surface area contributed by atoms with E-state index in [0.717, 1.165) is 60.0 Å². The fraction of sp³-hybridized carbons (Fsp3) is 0.200. The Labute approximate surface area is 216 Å². The van der Waals surface area contributed by atoms with Crippen LogP contribution in [0.25, 0.3) is 28.2 Å². The lowest BCUT2D eigenvalue weighted by Gasteiger charge is -2.12. The van der Waals surface area contributed by atoms with Crippen molar-refractivity contribution in [2.45, 2.75) is 32.7 Å². The Bertz CT molecular complexity index is 1520. The minimum absolute atomic E-state index is 0.642. The van der Waals surface area contributed by atoms with Crippen LogP contribution in [-0.2, 0) is 13.0 Å². The van der Waals surface area contributed by atoms with Crippen LogP contribution >= 0.6 is 12.2 Å². The Morgan fingerprint density at radius 1 is 0.917 bits per heavy atom. The monoisotopic (exact) mass is 492 g/mol. The molecule has 3 aromatic carbocycles. The van der Waals surface area contributed by atoms with Gasteiger partial charge in [-0.2, -0.15) is 0 Å². The Morgan fingerprint density at radius 3 is 2.31 bits per heavy atom. The third kappa shape index (κ3) is 3.97. The molecule has 36 heavy (non-hydrogen) atoms. The highest BCUT2D eigenvalue weighted by Gasteiger charge is 2.29. The summed E-state index contributed by atoms with van der Waals surface area (Å²) in [5.74, 6) is 1.83. The van der Waals surface area contributed by atoms with Gasteiger partial charge in [0.1, 0.15) is 22.1 Å². The second-order valence-electron chi connectivity index (χ2n) is 9.01. The standard InChI is InChI=1S/C30H28N4OS/c1-2-35-24-18-16-23(17-19-24)31-29(36)27-26(21-11-5-3-6-12-21)25-15-9-10-20-33-28(32-34(27)30(25)33)22-13-7-4-8-14-22/h3-8,11-14,16-19H,2,9-10,15,20H2,1H3,(H,31,36). The van der Waals surface area contributed by atoms with E-state index in [1.165, 1.54) is 16.7 Å². The first-order chi connectivity index (χ1) is 17.7. The van der Waals surface area contributed by atoms with Crippen LogP contribution in [-0.4, -0.2) is 25.8 Å². The maximum atomic E-state index is 6.07. The summed E-state index contributed by atoms with van der Waals surface area (Å²) in [5.41, 5.74) is 7.79. The van der Waals surface area contributed by atoms with Crippen LogP contribution in [0.4, 0.5) is 5.69 Å². The topological polar surface area (TPSA) is 43.5 Å². The number of nitrogens with zero attached hydrogens (tertiary/aromatic N) is 3. The molecule has 3 heterocycles. The maximum absolute atomic E-state index is 6.07. The van der Waals surface area contributed by atoms with Crippen LogP contribution in [0.2, 0.25) is 0 Å². The Hall–Kier alpha value is -3.90. The van der Waals surface area contributed by atoms with Gasteiger partial charge in [-0.05, 0) is 56.0 Å². The molecular formula is C30H28N4OS. The number of hydrogen-bond acceptors (Lipinski definition) is 3. The number of ether oxygens (including phenoxy) is 1. The van der Waals surface area contributed by atoms with E-state index >= 15 is 0 Å². The first-order valence-corrected chi connectivity index (χ1v) is 12.9. The molecule has 5 aromatic rings. The van der Waals surface area contributed by atoms with Gasteiger partial charge in [-0.25, -0.2) is 4.52 Å². The van der Waals surface area contributed by atoms with Crippen LogP contribution in [0.15, 0.2) is 84.9 Å². The summed E-state index contributed by atoms with van der Waals surface area (Å²) in [6.07, 6.45) is 3.26. The molecule has 6 heteroatoms. The highest BCUT2D eigenvalue weighted by molar-refractivity contribution is 7.81. The zero-order valence-electron chi connectivity index (χ0n) is 20.3. The van der Waals surface area contributed by atoms with Crippen LogP contribution in [0, 0.1) is 0 Å². The molecule has 0 saturated heterocycles. The average Bonchev–Trinajstić information content (AvgIpc) is 3.34. The molecule has 5 nitrogen and oxygen atoms in total. The third-order valence-corrected chi connectivity index (χ3v) is 7.01. The molecular weight excluding hydrogens is 464 g/mol. The van der Waals surface area contributed by atoms with Crippen molar-refractivity contribution >= 4 is 28.5 Å². The molecule has 6 rings (SSSR count). The predicted octanol–water partition coefficient (Wildman–Crippen LogP) is 6.99. The zero-order chi connectivity index (χ0) is 24.5. The number of nitrogens with one attached hydrogen (secondary N) is 1. The molecule has 2 aromatic heterocycles. The number of benzene rings is 3. The SMILES string of the molecule is CCOc1ccc(NC(=S)c2c(-c3ccccc3)c3c4n(c(-c5ccccc5)nn24)CCCC3)cc1. The first kappa shape index (κ1) is 22.6. The molecule has 0 radical (unpaired) electrons. The molecule has 1 aliphatic rings. The summed E-state index contributed by atoms with van der Waals surface area (Å²) < 4.78 is 10.1. The number of aromatic nitrogens is 3. The number of rotatable bonds is 6. The average molecular weight is 493 g/mol. The van der Waals surface area contributed by atoms with Crippen molar-refractivity contribution in [1.29, 1.82) is 0 Å². The minimum Gasteiger partial charge on any atom is -0.494 e. The van der Waals surface area contributed by atoms with Gasteiger partial charge in [-0.3, -0.25) is 0 Å². The van der Waals surface area contributed by atoms with E-state index in [1.807, 2.05) is 37.3 Å². The first-order valence-electron chi connectivity index (χ1n) is 12.5. The highest BCUT2D eigenvalue weighted by atomic mass is 32.1. The van der Waals surface area contributed by atoms with Crippen LogP contribution in [0.1, 0.15) is 31.0 Å². The lowest BCUT2D eigenvalue weighted by molar-refractivity contribution is 0.340. The highest BCUT2D eigenvalue weighted by Crippen LogP contribution is 2.38. The van der Waals surface area contributed by atoms with Crippen molar-refractivity contribution in [3.63, 3.8) is 0 Å². The van der Waals surface area contributed by atoms with Crippen molar-refractivity contribution in [2.75, 3.05) is 11.9 Å². The van der Waals surface area contributed by atoms with E-state index in [-0.39, 0.29) is 0 Å². The molecule has 0 spiro atoms. The third-order valence-electron chi connectivity index (χ3n) is 6.72. The molecule has 0 saturated carbocycles. The Kier molecular flexibility index (Phi) is 6.03. The smallest absolute Gasteiger partial charge is 0.162 e. The van der Waals surface area contributed by atoms with Crippen molar-refractivity contribution in [3.05, 3.63) is 96.2 Å². The van der Waals surface area contributed by atoms with Crippen molar-refractivity contribution < 1.29 is 4.74 Å². The summed E-state index contributed by atoms with van der Waals surface area (Å²) in [7, 11) is 0. The summed E-state index contributed by atoms with van der Waals surface area (Å²) in [6, 6.07) is 28.9. The van der Waals surface area contributed by atoms with E-state index < -0.39 is 0 Å². The normalized spacial score (nSPS) is 12.9. The van der Waals surface area contributed by atoms with Crippen molar-refractivity contribution in [3.8, 4) is 28.3 Å². The zero-order valence-corrected chi connectivity index (χ0v) is 21.1. The van der Waals surface area contributed by atoms with Gasteiger partial charge in [-0.15, -0.1) is 5.10 Å².